The van der Waals surface area contributed by atoms with Gasteiger partial charge >= 0.3 is 5.97 Å². The van der Waals surface area contributed by atoms with E-state index in [0.717, 1.165) is 0 Å². The number of rotatable bonds is 4. The fraction of sp³-hybridized carbons (Fsp3) is 0.364. The van der Waals surface area contributed by atoms with Crippen LogP contribution in [0.2, 0.25) is 0 Å². The van der Waals surface area contributed by atoms with E-state index < -0.39 is 11.4 Å². The van der Waals surface area contributed by atoms with Crippen LogP contribution in [-0.4, -0.2) is 21.8 Å². The molecule has 1 heterocycles. The summed E-state index contributed by atoms with van der Waals surface area (Å²) in [5.74, 6) is -1.23. The fourth-order valence-corrected chi connectivity index (χ4v) is 1.10. The standard InChI is InChI=1S/C11H13NO3/c1-11(2,10(14)15)7-9(13)8-5-3-4-6-12-8/h3-6H,7H2,1-2H3,(H,14,15). The van der Waals surface area contributed by atoms with Crippen molar-refractivity contribution < 1.29 is 14.7 Å². The molecule has 0 saturated heterocycles. The highest BCUT2D eigenvalue weighted by atomic mass is 16.4. The van der Waals surface area contributed by atoms with Crippen LogP contribution < -0.4 is 0 Å². The molecule has 0 radical (unpaired) electrons. The number of aromatic nitrogens is 1. The first kappa shape index (κ1) is 11.4. The van der Waals surface area contributed by atoms with Gasteiger partial charge in [-0.05, 0) is 26.0 Å². The number of hydrogen-bond donors (Lipinski definition) is 1. The number of ketones is 1. The van der Waals surface area contributed by atoms with Gasteiger partial charge in [0.05, 0.1) is 5.41 Å². The van der Waals surface area contributed by atoms with Crippen LogP contribution in [-0.2, 0) is 4.79 Å². The summed E-state index contributed by atoms with van der Waals surface area (Å²) in [7, 11) is 0. The summed E-state index contributed by atoms with van der Waals surface area (Å²) in [6, 6.07) is 4.99. The molecule has 0 aliphatic heterocycles. The van der Waals surface area contributed by atoms with Crippen LogP contribution in [0, 0.1) is 5.41 Å². The Morgan fingerprint density at radius 3 is 2.53 bits per heavy atom. The molecule has 15 heavy (non-hydrogen) atoms. The first-order chi connectivity index (χ1) is 6.93. The SMILES string of the molecule is CC(C)(CC(=O)c1ccccn1)C(=O)O. The van der Waals surface area contributed by atoms with Gasteiger partial charge in [-0.2, -0.15) is 0 Å². The van der Waals surface area contributed by atoms with E-state index in [0.29, 0.717) is 5.69 Å². The van der Waals surface area contributed by atoms with E-state index in [-0.39, 0.29) is 12.2 Å². The summed E-state index contributed by atoms with van der Waals surface area (Å²) in [4.78, 5) is 26.3. The second kappa shape index (κ2) is 4.21. The van der Waals surface area contributed by atoms with E-state index in [2.05, 4.69) is 4.98 Å². The number of carbonyl (C=O) groups is 2. The van der Waals surface area contributed by atoms with Crippen LogP contribution in [0.1, 0.15) is 30.8 Å². The van der Waals surface area contributed by atoms with Gasteiger partial charge in [0.15, 0.2) is 5.78 Å². The van der Waals surface area contributed by atoms with Crippen LogP contribution in [0.15, 0.2) is 24.4 Å². The minimum Gasteiger partial charge on any atom is -0.481 e. The first-order valence-electron chi connectivity index (χ1n) is 4.61. The van der Waals surface area contributed by atoms with Crippen LogP contribution in [0.25, 0.3) is 0 Å². The van der Waals surface area contributed by atoms with E-state index in [1.54, 1.807) is 18.2 Å². The normalized spacial score (nSPS) is 11.1. The number of nitrogens with zero attached hydrogens (tertiary/aromatic N) is 1. The summed E-state index contributed by atoms with van der Waals surface area (Å²) in [6.07, 6.45) is 1.47. The number of carbonyl (C=O) groups excluding carboxylic acids is 1. The van der Waals surface area contributed by atoms with Gasteiger partial charge in [-0.15, -0.1) is 0 Å². The smallest absolute Gasteiger partial charge is 0.309 e. The Bertz CT molecular complexity index is 371. The molecule has 1 rings (SSSR count). The topological polar surface area (TPSA) is 67.3 Å². The second-order valence-electron chi connectivity index (χ2n) is 4.00. The van der Waals surface area contributed by atoms with Crippen molar-refractivity contribution >= 4 is 11.8 Å². The predicted molar refractivity (Wildman–Crippen MR) is 54.6 cm³/mol. The lowest BCUT2D eigenvalue weighted by molar-refractivity contribution is -0.146. The molecule has 0 saturated carbocycles. The van der Waals surface area contributed by atoms with Gasteiger partial charge in [0.25, 0.3) is 0 Å². The van der Waals surface area contributed by atoms with Crippen LogP contribution in [0.4, 0.5) is 0 Å². The monoisotopic (exact) mass is 207 g/mol. The molecule has 1 aromatic rings. The highest BCUT2D eigenvalue weighted by Gasteiger charge is 2.30. The molecule has 1 aromatic heterocycles. The van der Waals surface area contributed by atoms with E-state index in [4.69, 9.17) is 5.11 Å². The van der Waals surface area contributed by atoms with E-state index >= 15 is 0 Å². The third-order valence-corrected chi connectivity index (χ3v) is 2.13. The molecule has 0 fully saturated rings. The summed E-state index contributed by atoms with van der Waals surface area (Å²) < 4.78 is 0. The zero-order valence-electron chi connectivity index (χ0n) is 8.73. The van der Waals surface area contributed by atoms with Crippen molar-refractivity contribution in [3.8, 4) is 0 Å². The molecule has 1 N–H and O–H groups in total. The van der Waals surface area contributed by atoms with Gasteiger partial charge in [0, 0.05) is 12.6 Å². The maximum Gasteiger partial charge on any atom is 0.309 e. The summed E-state index contributed by atoms with van der Waals surface area (Å²) in [5.41, 5.74) is -0.735. The maximum absolute atomic E-state index is 11.6. The molecule has 4 heteroatoms. The van der Waals surface area contributed by atoms with E-state index in [9.17, 15) is 9.59 Å². The van der Waals surface area contributed by atoms with Crippen molar-refractivity contribution in [3.05, 3.63) is 30.1 Å². The molecule has 0 atom stereocenters. The van der Waals surface area contributed by atoms with Crippen molar-refractivity contribution in [1.29, 1.82) is 0 Å². The Morgan fingerprint density at radius 1 is 1.40 bits per heavy atom. The van der Waals surface area contributed by atoms with Crippen LogP contribution in [0.5, 0.6) is 0 Å². The van der Waals surface area contributed by atoms with Gasteiger partial charge in [-0.25, -0.2) is 0 Å². The lowest BCUT2D eigenvalue weighted by atomic mass is 9.87. The number of pyridine rings is 1. The Hall–Kier alpha value is -1.71. The highest BCUT2D eigenvalue weighted by Crippen LogP contribution is 2.22. The maximum atomic E-state index is 11.6. The predicted octanol–water partition coefficient (Wildman–Crippen LogP) is 1.77. The van der Waals surface area contributed by atoms with Gasteiger partial charge in [-0.3, -0.25) is 14.6 Å². The van der Waals surface area contributed by atoms with Gasteiger partial charge in [0.2, 0.25) is 0 Å². The minimum atomic E-state index is -1.05. The molecule has 80 valence electrons. The van der Waals surface area contributed by atoms with Crippen LogP contribution in [0.3, 0.4) is 0 Å². The molecule has 0 aliphatic carbocycles. The summed E-state index contributed by atoms with van der Waals surface area (Å²) in [6.45, 7) is 3.05. The Morgan fingerprint density at radius 2 is 2.07 bits per heavy atom. The number of carboxylic acid groups (broad SMARTS) is 1. The molecule has 0 aromatic carbocycles. The quantitative estimate of drug-likeness (QED) is 0.764. The number of carboxylic acids is 1. The summed E-state index contributed by atoms with van der Waals surface area (Å²) >= 11 is 0. The molecule has 4 nitrogen and oxygen atoms in total. The van der Waals surface area contributed by atoms with Crippen molar-refractivity contribution in [1.82, 2.24) is 4.98 Å². The van der Waals surface area contributed by atoms with Gasteiger partial charge in [0.1, 0.15) is 5.69 Å². The zero-order valence-corrected chi connectivity index (χ0v) is 8.73. The first-order valence-corrected chi connectivity index (χ1v) is 4.61. The summed E-state index contributed by atoms with van der Waals surface area (Å²) in [5, 5.41) is 8.86. The molecular weight excluding hydrogens is 194 g/mol. The van der Waals surface area contributed by atoms with Crippen LogP contribution >= 0.6 is 0 Å². The number of Topliss-reactive ketones (excluding diaryl/α,β-unsaturated/α-hetero) is 1. The average Bonchev–Trinajstić information content (AvgIpc) is 2.18. The number of aliphatic carboxylic acids is 1. The van der Waals surface area contributed by atoms with Crippen molar-refractivity contribution in [3.63, 3.8) is 0 Å². The molecule has 0 aliphatic rings. The number of hydrogen-bond acceptors (Lipinski definition) is 3. The Kier molecular flexibility index (Phi) is 3.19. The third kappa shape index (κ3) is 2.87. The van der Waals surface area contributed by atoms with Crippen molar-refractivity contribution in [2.45, 2.75) is 20.3 Å². The van der Waals surface area contributed by atoms with Crippen molar-refractivity contribution in [2.75, 3.05) is 0 Å². The minimum absolute atomic E-state index is 0.0423. The molecule has 0 bridgehead atoms. The zero-order chi connectivity index (χ0) is 11.5. The Balaban J connectivity index is 2.77. The second-order valence-corrected chi connectivity index (χ2v) is 4.00. The highest BCUT2D eigenvalue weighted by molar-refractivity contribution is 5.97. The molecule has 0 unspecified atom stereocenters. The largest absolute Gasteiger partial charge is 0.481 e. The lowest BCUT2D eigenvalue weighted by Crippen LogP contribution is -2.27. The fourth-order valence-electron chi connectivity index (χ4n) is 1.10. The molecular formula is C11H13NO3. The Labute approximate surface area is 88.0 Å². The molecule has 0 spiro atoms. The van der Waals surface area contributed by atoms with E-state index in [1.807, 2.05) is 0 Å². The lowest BCUT2D eigenvalue weighted by Gasteiger charge is -2.17. The van der Waals surface area contributed by atoms with Crippen molar-refractivity contribution in [2.24, 2.45) is 5.41 Å². The average molecular weight is 207 g/mol. The van der Waals surface area contributed by atoms with E-state index in [1.165, 1.54) is 20.0 Å². The molecule has 0 amide bonds. The van der Waals surface area contributed by atoms with Gasteiger partial charge in [-0.1, -0.05) is 6.07 Å². The van der Waals surface area contributed by atoms with Gasteiger partial charge < -0.3 is 5.11 Å². The third-order valence-electron chi connectivity index (χ3n) is 2.13.